The third kappa shape index (κ3) is 4.46. The molecule has 0 aliphatic rings. The predicted octanol–water partition coefficient (Wildman–Crippen LogP) is 2.86. The SMILES string of the molecule is O=C(O)CCC/C=C/c1ccccc1[N+](=O)[O-]. The van der Waals surface area contributed by atoms with Crippen molar-refractivity contribution in [3.8, 4) is 0 Å². The smallest absolute Gasteiger partial charge is 0.303 e. The fourth-order valence-electron chi connectivity index (χ4n) is 1.38. The van der Waals surface area contributed by atoms with E-state index in [-0.39, 0.29) is 12.1 Å². The lowest BCUT2D eigenvalue weighted by molar-refractivity contribution is -0.385. The van der Waals surface area contributed by atoms with E-state index in [9.17, 15) is 14.9 Å². The van der Waals surface area contributed by atoms with Crippen LogP contribution in [0, 0.1) is 10.1 Å². The molecule has 0 radical (unpaired) electrons. The molecule has 17 heavy (non-hydrogen) atoms. The van der Waals surface area contributed by atoms with Crippen LogP contribution in [0.4, 0.5) is 5.69 Å². The maximum absolute atomic E-state index is 10.7. The zero-order valence-corrected chi connectivity index (χ0v) is 9.20. The highest BCUT2D eigenvalue weighted by molar-refractivity contribution is 5.66. The number of nitro benzene ring substituents is 1. The minimum Gasteiger partial charge on any atom is -0.481 e. The number of nitro groups is 1. The summed E-state index contributed by atoms with van der Waals surface area (Å²) in [6.07, 6.45) is 4.65. The van der Waals surface area contributed by atoms with Gasteiger partial charge in [0.2, 0.25) is 0 Å². The zero-order valence-electron chi connectivity index (χ0n) is 9.20. The maximum Gasteiger partial charge on any atom is 0.303 e. The Kier molecular flexibility index (Phi) is 4.87. The molecule has 5 heteroatoms. The Morgan fingerprint density at radius 1 is 1.41 bits per heavy atom. The van der Waals surface area contributed by atoms with Gasteiger partial charge in [0.1, 0.15) is 0 Å². The highest BCUT2D eigenvalue weighted by Gasteiger charge is 2.08. The number of unbranched alkanes of at least 4 members (excludes halogenated alkanes) is 1. The molecule has 0 spiro atoms. The maximum atomic E-state index is 10.7. The van der Waals surface area contributed by atoms with E-state index in [1.54, 1.807) is 30.4 Å². The molecule has 1 rings (SSSR count). The molecular weight excluding hydrogens is 222 g/mol. The van der Waals surface area contributed by atoms with E-state index in [1.165, 1.54) is 6.07 Å². The van der Waals surface area contributed by atoms with Crippen LogP contribution < -0.4 is 0 Å². The number of rotatable bonds is 6. The number of para-hydroxylation sites is 1. The number of carbonyl (C=O) groups is 1. The first-order chi connectivity index (χ1) is 8.11. The summed E-state index contributed by atoms with van der Waals surface area (Å²) in [5, 5.41) is 19.1. The molecule has 0 amide bonds. The molecule has 90 valence electrons. The van der Waals surface area contributed by atoms with Crippen LogP contribution in [0.2, 0.25) is 0 Å². The quantitative estimate of drug-likeness (QED) is 0.467. The van der Waals surface area contributed by atoms with Gasteiger partial charge in [-0.1, -0.05) is 24.3 Å². The summed E-state index contributed by atoms with van der Waals surface area (Å²) in [5.74, 6) is -0.830. The molecule has 0 heterocycles. The molecular formula is C12H13NO4. The van der Waals surface area contributed by atoms with Gasteiger partial charge in [-0.05, 0) is 18.9 Å². The van der Waals surface area contributed by atoms with Gasteiger partial charge in [-0.2, -0.15) is 0 Å². The van der Waals surface area contributed by atoms with Gasteiger partial charge in [-0.15, -0.1) is 0 Å². The van der Waals surface area contributed by atoms with E-state index in [4.69, 9.17) is 5.11 Å². The van der Waals surface area contributed by atoms with Crippen LogP contribution in [-0.2, 0) is 4.79 Å². The number of hydrogen-bond acceptors (Lipinski definition) is 3. The van der Waals surface area contributed by atoms with Crippen LogP contribution in [0.25, 0.3) is 6.08 Å². The Labute approximate surface area is 98.5 Å². The van der Waals surface area contributed by atoms with Crippen LogP contribution in [0.15, 0.2) is 30.3 Å². The fourth-order valence-corrected chi connectivity index (χ4v) is 1.38. The van der Waals surface area contributed by atoms with E-state index in [0.717, 1.165) is 0 Å². The molecule has 0 saturated carbocycles. The molecule has 0 atom stereocenters. The van der Waals surface area contributed by atoms with Crippen LogP contribution in [0.3, 0.4) is 0 Å². The highest BCUT2D eigenvalue weighted by Crippen LogP contribution is 2.19. The van der Waals surface area contributed by atoms with Crippen LogP contribution in [-0.4, -0.2) is 16.0 Å². The second kappa shape index (κ2) is 6.42. The van der Waals surface area contributed by atoms with E-state index in [0.29, 0.717) is 18.4 Å². The van der Waals surface area contributed by atoms with Crippen LogP contribution in [0.5, 0.6) is 0 Å². The molecule has 5 nitrogen and oxygen atoms in total. The van der Waals surface area contributed by atoms with Crippen molar-refractivity contribution < 1.29 is 14.8 Å². The van der Waals surface area contributed by atoms with Crippen molar-refractivity contribution >= 4 is 17.7 Å². The first-order valence-electron chi connectivity index (χ1n) is 5.23. The Morgan fingerprint density at radius 2 is 2.12 bits per heavy atom. The molecule has 1 N–H and O–H groups in total. The minimum absolute atomic E-state index is 0.0574. The summed E-state index contributed by atoms with van der Waals surface area (Å²) in [6, 6.07) is 6.44. The van der Waals surface area contributed by atoms with Crippen LogP contribution >= 0.6 is 0 Å². The number of allylic oxidation sites excluding steroid dienone is 1. The van der Waals surface area contributed by atoms with Gasteiger partial charge in [0.05, 0.1) is 10.5 Å². The Balaban J connectivity index is 2.59. The normalized spacial score (nSPS) is 10.6. The standard InChI is InChI=1S/C12H13NO4/c14-12(15)9-3-1-2-6-10-7-4-5-8-11(10)13(16)17/h2,4-8H,1,3,9H2,(H,14,15)/b6-2+. The summed E-state index contributed by atoms with van der Waals surface area (Å²) >= 11 is 0. The summed E-state index contributed by atoms with van der Waals surface area (Å²) in [6.45, 7) is 0. The molecule has 0 aliphatic heterocycles. The lowest BCUT2D eigenvalue weighted by Crippen LogP contribution is -1.92. The highest BCUT2D eigenvalue weighted by atomic mass is 16.6. The topological polar surface area (TPSA) is 80.4 Å². The van der Waals surface area contributed by atoms with Gasteiger partial charge < -0.3 is 5.11 Å². The molecule has 0 fully saturated rings. The van der Waals surface area contributed by atoms with Crippen molar-refractivity contribution in [1.29, 1.82) is 0 Å². The molecule has 1 aromatic carbocycles. The fraction of sp³-hybridized carbons (Fsp3) is 0.250. The Morgan fingerprint density at radius 3 is 2.76 bits per heavy atom. The number of benzene rings is 1. The molecule has 0 unspecified atom stereocenters. The van der Waals surface area contributed by atoms with Crippen LogP contribution in [0.1, 0.15) is 24.8 Å². The number of hydrogen-bond donors (Lipinski definition) is 1. The van der Waals surface area contributed by atoms with Gasteiger partial charge in [-0.25, -0.2) is 0 Å². The molecule has 0 saturated heterocycles. The molecule has 1 aromatic rings. The Bertz CT molecular complexity index is 440. The summed E-state index contributed by atoms with van der Waals surface area (Å²) in [4.78, 5) is 20.5. The van der Waals surface area contributed by atoms with Crippen molar-refractivity contribution in [2.75, 3.05) is 0 Å². The minimum atomic E-state index is -0.830. The largest absolute Gasteiger partial charge is 0.481 e. The number of carboxylic acids is 1. The first-order valence-corrected chi connectivity index (χ1v) is 5.23. The van der Waals surface area contributed by atoms with Gasteiger partial charge in [0.25, 0.3) is 5.69 Å². The van der Waals surface area contributed by atoms with Crippen molar-refractivity contribution in [3.05, 3.63) is 46.0 Å². The van der Waals surface area contributed by atoms with Gasteiger partial charge in [0, 0.05) is 12.5 Å². The average molecular weight is 235 g/mol. The third-order valence-electron chi connectivity index (χ3n) is 2.19. The van der Waals surface area contributed by atoms with E-state index in [1.807, 2.05) is 0 Å². The van der Waals surface area contributed by atoms with Gasteiger partial charge >= 0.3 is 5.97 Å². The predicted molar refractivity (Wildman–Crippen MR) is 63.6 cm³/mol. The molecule has 0 bridgehead atoms. The molecule has 0 aliphatic carbocycles. The number of aliphatic carboxylic acids is 1. The van der Waals surface area contributed by atoms with Gasteiger partial charge in [0.15, 0.2) is 0 Å². The van der Waals surface area contributed by atoms with Crippen molar-refractivity contribution in [2.24, 2.45) is 0 Å². The number of nitrogens with zero attached hydrogens (tertiary/aromatic N) is 1. The summed E-state index contributed by atoms with van der Waals surface area (Å²) in [7, 11) is 0. The number of carboxylic acid groups (broad SMARTS) is 1. The van der Waals surface area contributed by atoms with Crippen molar-refractivity contribution in [3.63, 3.8) is 0 Å². The van der Waals surface area contributed by atoms with Crippen molar-refractivity contribution in [2.45, 2.75) is 19.3 Å². The second-order valence-corrected chi connectivity index (χ2v) is 3.50. The zero-order chi connectivity index (χ0) is 12.7. The Hall–Kier alpha value is -2.17. The monoisotopic (exact) mass is 235 g/mol. The van der Waals surface area contributed by atoms with E-state index < -0.39 is 10.9 Å². The second-order valence-electron chi connectivity index (χ2n) is 3.50. The average Bonchev–Trinajstić information content (AvgIpc) is 2.28. The van der Waals surface area contributed by atoms with Gasteiger partial charge in [-0.3, -0.25) is 14.9 Å². The van der Waals surface area contributed by atoms with E-state index in [2.05, 4.69) is 0 Å². The molecule has 0 aromatic heterocycles. The first kappa shape index (κ1) is 12.9. The summed E-state index contributed by atoms with van der Waals surface area (Å²) in [5.41, 5.74) is 0.592. The lowest BCUT2D eigenvalue weighted by Gasteiger charge is -1.96. The summed E-state index contributed by atoms with van der Waals surface area (Å²) < 4.78 is 0. The lowest BCUT2D eigenvalue weighted by atomic mass is 10.1. The van der Waals surface area contributed by atoms with E-state index >= 15 is 0 Å². The third-order valence-corrected chi connectivity index (χ3v) is 2.19. The van der Waals surface area contributed by atoms with Crippen molar-refractivity contribution in [1.82, 2.24) is 0 Å².